The molecule has 3 atom stereocenters. The number of halogens is 4. The molecule has 0 saturated carbocycles. The largest absolute Gasteiger partial charge is 0.495 e. The number of anilines is 2. The van der Waals surface area contributed by atoms with E-state index in [0.29, 0.717) is 30.3 Å². The number of amides is 1. The average Bonchev–Trinajstić information content (AvgIpc) is 3.17. The third-order valence-corrected chi connectivity index (χ3v) is 8.97. The van der Waals surface area contributed by atoms with Crippen molar-refractivity contribution in [2.75, 3.05) is 46.7 Å². The van der Waals surface area contributed by atoms with E-state index in [1.807, 2.05) is 20.9 Å². The summed E-state index contributed by atoms with van der Waals surface area (Å²) >= 11 is 6.52. The number of nitrogens with one attached hydrogen (secondary N) is 2. The number of likely N-dealkylation sites (tertiary alicyclic amines) is 1. The van der Waals surface area contributed by atoms with Gasteiger partial charge in [0, 0.05) is 31.0 Å². The second-order valence-electron chi connectivity index (χ2n) is 11.8. The highest BCUT2D eigenvalue weighted by molar-refractivity contribution is 6.34. The lowest BCUT2D eigenvalue weighted by Crippen LogP contribution is -2.53. The Bertz CT molecular complexity index is 1620. The molecule has 1 fully saturated rings. The molecule has 11 nitrogen and oxygen atoms in total. The molecule has 3 aromatic rings. The summed E-state index contributed by atoms with van der Waals surface area (Å²) in [5.74, 6) is -1.27. The number of alkyl halides is 3. The third-order valence-electron chi connectivity index (χ3n) is 8.66. The van der Waals surface area contributed by atoms with Crippen molar-refractivity contribution in [3.05, 3.63) is 63.8 Å². The zero-order valence-electron chi connectivity index (χ0n) is 26.2. The number of aliphatic hydroxyl groups excluding tert-OH is 1. The van der Waals surface area contributed by atoms with Crippen LogP contribution in [0.25, 0.3) is 0 Å². The van der Waals surface area contributed by atoms with Crippen LogP contribution in [0.15, 0.2) is 36.5 Å². The zero-order valence-corrected chi connectivity index (χ0v) is 27.0. The van der Waals surface area contributed by atoms with Gasteiger partial charge >= 0.3 is 6.18 Å². The van der Waals surface area contributed by atoms with Crippen molar-refractivity contribution in [2.45, 2.75) is 50.4 Å². The predicted molar refractivity (Wildman–Crippen MR) is 165 cm³/mol. The van der Waals surface area contributed by atoms with E-state index in [1.165, 1.54) is 25.3 Å². The molecule has 1 aromatic heterocycles. The summed E-state index contributed by atoms with van der Waals surface area (Å²) in [6.07, 6.45) is -4.87. The fourth-order valence-electron chi connectivity index (χ4n) is 5.76. The fraction of sp³-hybridized carbons (Fsp3) is 0.452. The molecule has 2 aliphatic heterocycles. The van der Waals surface area contributed by atoms with E-state index in [0.717, 1.165) is 6.54 Å². The van der Waals surface area contributed by atoms with Gasteiger partial charge in [0.25, 0.3) is 5.91 Å². The Labute approximate surface area is 269 Å². The molecule has 3 N–H and O–H groups in total. The van der Waals surface area contributed by atoms with Gasteiger partial charge in [-0.15, -0.1) is 0 Å². The molecule has 0 spiro atoms. The summed E-state index contributed by atoms with van der Waals surface area (Å²) in [4.78, 5) is 24.9. The number of hydrogen-bond acceptors (Lipinski definition) is 10. The van der Waals surface area contributed by atoms with Gasteiger partial charge in [-0.1, -0.05) is 23.7 Å². The molecular weight excluding hydrogens is 629 g/mol. The van der Waals surface area contributed by atoms with Gasteiger partial charge in [-0.05, 0) is 64.7 Å². The molecule has 1 saturated heterocycles. The van der Waals surface area contributed by atoms with Crippen molar-refractivity contribution >= 4 is 29.1 Å². The molecule has 2 aliphatic rings. The number of aromatic nitrogens is 2. The first-order valence-corrected chi connectivity index (χ1v) is 14.9. The lowest BCUT2D eigenvalue weighted by Gasteiger charge is -2.36. The number of likely N-dealkylation sites (N-methyl/N-ethyl adjacent to an activating group) is 1. The Kier molecular flexibility index (Phi) is 9.40. The highest BCUT2D eigenvalue weighted by Gasteiger charge is 2.44. The number of carbonyl (C=O) groups is 1. The van der Waals surface area contributed by atoms with E-state index in [-0.39, 0.29) is 45.9 Å². The third kappa shape index (κ3) is 6.45. The van der Waals surface area contributed by atoms with E-state index < -0.39 is 35.3 Å². The van der Waals surface area contributed by atoms with Gasteiger partial charge in [0.05, 0.1) is 35.5 Å². The van der Waals surface area contributed by atoms with E-state index >= 15 is 0 Å². The lowest BCUT2D eigenvalue weighted by molar-refractivity contribution is -0.139. The number of methoxy groups -OCH3 is 2. The number of rotatable bonds is 8. The standard InChI is InChI=1S/C31H36ClF3N6O5/c1-30(2)17-8-7-9-22(25(17)28(43)41(30)4)46-27-18(31(33,34)35)14-36-29(39-27)38-21-13-19(32)16(12-23(21)44-5)26(42)37-20-10-11-40(3)15-24(20)45-6/h7-9,12-14,20,24,28,43H,10-11,15H2,1-6H3,(H,37,42)(H,36,38,39)/t20-,24+,28?/m1/s1. The topological polar surface area (TPSA) is 121 Å². The molecule has 1 unspecified atom stereocenters. The zero-order chi connectivity index (χ0) is 33.6. The molecule has 1 amide bonds. The number of carbonyl (C=O) groups excluding carboxylic acids is 1. The number of fused-ring (bicyclic) bond motifs is 1. The number of hydrogen-bond donors (Lipinski definition) is 3. The van der Waals surface area contributed by atoms with E-state index in [9.17, 15) is 23.1 Å². The molecule has 248 valence electrons. The van der Waals surface area contributed by atoms with Gasteiger partial charge in [0.2, 0.25) is 11.8 Å². The normalized spacial score (nSPS) is 21.5. The Hall–Kier alpha value is -3.69. The van der Waals surface area contributed by atoms with Gasteiger partial charge in [0.1, 0.15) is 23.3 Å². The van der Waals surface area contributed by atoms with Crippen molar-refractivity contribution in [3.8, 4) is 17.4 Å². The quantitative estimate of drug-likeness (QED) is 0.292. The van der Waals surface area contributed by atoms with Crippen LogP contribution in [-0.4, -0.2) is 84.3 Å². The van der Waals surface area contributed by atoms with Crippen LogP contribution in [-0.2, 0) is 16.5 Å². The van der Waals surface area contributed by atoms with Crippen molar-refractivity contribution in [3.63, 3.8) is 0 Å². The number of piperidine rings is 1. The van der Waals surface area contributed by atoms with Crippen molar-refractivity contribution in [1.82, 2.24) is 25.1 Å². The van der Waals surface area contributed by atoms with Gasteiger partial charge in [-0.25, -0.2) is 4.98 Å². The minimum atomic E-state index is -4.84. The maximum Gasteiger partial charge on any atom is 0.423 e. The average molecular weight is 665 g/mol. The summed E-state index contributed by atoms with van der Waals surface area (Å²) in [5.41, 5.74) is -0.427. The van der Waals surface area contributed by atoms with Gasteiger partial charge < -0.3 is 34.9 Å². The first kappa shape index (κ1) is 33.7. The monoisotopic (exact) mass is 664 g/mol. The Morgan fingerprint density at radius 2 is 1.91 bits per heavy atom. The summed E-state index contributed by atoms with van der Waals surface area (Å²) in [7, 11) is 6.65. The van der Waals surface area contributed by atoms with Gasteiger partial charge in [0.15, 0.2) is 0 Å². The summed E-state index contributed by atoms with van der Waals surface area (Å²) < 4.78 is 58.9. The molecule has 2 aromatic carbocycles. The van der Waals surface area contributed by atoms with Crippen LogP contribution < -0.4 is 20.1 Å². The minimum absolute atomic E-state index is 0.0221. The van der Waals surface area contributed by atoms with Crippen LogP contribution in [0.2, 0.25) is 5.02 Å². The maximum atomic E-state index is 14.0. The van der Waals surface area contributed by atoms with Crippen molar-refractivity contribution < 1.29 is 37.3 Å². The van der Waals surface area contributed by atoms with E-state index in [4.69, 9.17) is 25.8 Å². The predicted octanol–water partition coefficient (Wildman–Crippen LogP) is 5.31. The lowest BCUT2D eigenvalue weighted by atomic mass is 9.93. The van der Waals surface area contributed by atoms with Crippen molar-refractivity contribution in [2.24, 2.45) is 0 Å². The van der Waals surface area contributed by atoms with Crippen LogP contribution in [0.1, 0.15) is 53.5 Å². The van der Waals surface area contributed by atoms with E-state index in [2.05, 4.69) is 25.5 Å². The second-order valence-corrected chi connectivity index (χ2v) is 12.2. The maximum absolute atomic E-state index is 14.0. The second kappa shape index (κ2) is 12.8. The number of ether oxygens (including phenoxy) is 3. The molecular formula is C31H36ClF3N6O5. The number of benzene rings is 2. The Morgan fingerprint density at radius 1 is 1.17 bits per heavy atom. The first-order valence-electron chi connectivity index (χ1n) is 14.5. The summed E-state index contributed by atoms with van der Waals surface area (Å²) in [6, 6.07) is 7.49. The highest BCUT2D eigenvalue weighted by Crippen LogP contribution is 2.49. The molecule has 15 heteroatoms. The van der Waals surface area contributed by atoms with Crippen LogP contribution in [0.4, 0.5) is 24.8 Å². The first-order chi connectivity index (χ1) is 21.6. The van der Waals surface area contributed by atoms with Crippen LogP contribution in [0.3, 0.4) is 0 Å². The highest BCUT2D eigenvalue weighted by atomic mass is 35.5. The molecule has 46 heavy (non-hydrogen) atoms. The minimum Gasteiger partial charge on any atom is -0.495 e. The van der Waals surface area contributed by atoms with Crippen molar-refractivity contribution in [1.29, 1.82) is 0 Å². The molecule has 0 aliphatic carbocycles. The summed E-state index contributed by atoms with van der Waals surface area (Å²) in [5, 5.41) is 16.8. The number of aliphatic hydroxyl groups is 1. The van der Waals surface area contributed by atoms with Gasteiger partial charge in [-0.2, -0.15) is 18.2 Å². The van der Waals surface area contributed by atoms with E-state index in [1.54, 1.807) is 31.2 Å². The number of nitrogens with zero attached hydrogens (tertiary/aromatic N) is 4. The molecule has 0 bridgehead atoms. The summed E-state index contributed by atoms with van der Waals surface area (Å²) in [6.45, 7) is 5.21. The fourth-order valence-corrected chi connectivity index (χ4v) is 6.01. The molecule has 0 radical (unpaired) electrons. The SMILES string of the molecule is COc1cc(C(=O)N[C@@H]2CCN(C)C[C@@H]2OC)c(Cl)cc1Nc1ncc(C(F)(F)F)c(Oc2cccc3c2C(O)N(C)C3(C)C)n1. The molecule has 3 heterocycles. The Balaban J connectivity index is 1.44. The smallest absolute Gasteiger partial charge is 0.423 e. The Morgan fingerprint density at radius 3 is 2.59 bits per heavy atom. The van der Waals surface area contributed by atoms with Crippen LogP contribution in [0.5, 0.6) is 17.4 Å². The van der Waals surface area contributed by atoms with Gasteiger partial charge in [-0.3, -0.25) is 9.69 Å². The van der Waals surface area contributed by atoms with Crippen LogP contribution >= 0.6 is 11.6 Å². The van der Waals surface area contributed by atoms with Crippen LogP contribution in [0, 0.1) is 0 Å². The molecule has 5 rings (SSSR count).